The number of benzene rings is 2. The maximum absolute atomic E-state index is 12.6. The molecule has 0 aliphatic rings. The molecule has 0 spiro atoms. The zero-order chi connectivity index (χ0) is 19.4. The average Bonchev–Trinajstić information content (AvgIpc) is 2.66. The third kappa shape index (κ3) is 4.38. The lowest BCUT2D eigenvalue weighted by atomic mass is 10.1. The van der Waals surface area contributed by atoms with Crippen molar-refractivity contribution in [3.63, 3.8) is 0 Å². The van der Waals surface area contributed by atoms with E-state index >= 15 is 0 Å². The summed E-state index contributed by atoms with van der Waals surface area (Å²) in [4.78, 5) is 44.3. The van der Waals surface area contributed by atoms with Crippen molar-refractivity contribution in [2.24, 2.45) is 0 Å². The summed E-state index contributed by atoms with van der Waals surface area (Å²) in [5, 5.41) is 3.23. The molecule has 138 valence electrons. The number of amides is 2. The van der Waals surface area contributed by atoms with Crippen LogP contribution in [0, 0.1) is 0 Å². The second kappa shape index (κ2) is 7.82. The number of fused-ring (bicyclic) bond motifs is 1. The van der Waals surface area contributed by atoms with Gasteiger partial charge in [0.2, 0.25) is 5.91 Å². The lowest BCUT2D eigenvalue weighted by molar-refractivity contribution is -0.119. The van der Waals surface area contributed by atoms with Crippen LogP contribution in [0.3, 0.4) is 0 Å². The maximum atomic E-state index is 12.6. The SMILES string of the molecule is CC(=O)NCc1ccc(C(=O)N(C)Cc2nc3ccccc3c(=O)[nH]2)cc1. The third-order valence-corrected chi connectivity index (χ3v) is 4.14. The maximum Gasteiger partial charge on any atom is 0.258 e. The third-order valence-electron chi connectivity index (χ3n) is 4.14. The van der Waals surface area contributed by atoms with Gasteiger partial charge in [-0.05, 0) is 29.8 Å². The van der Waals surface area contributed by atoms with Gasteiger partial charge in [0, 0.05) is 26.1 Å². The Bertz CT molecular complexity index is 1040. The Morgan fingerprint density at radius 3 is 2.52 bits per heavy atom. The van der Waals surface area contributed by atoms with E-state index in [0.29, 0.717) is 28.8 Å². The van der Waals surface area contributed by atoms with Crippen molar-refractivity contribution in [1.29, 1.82) is 0 Å². The van der Waals surface area contributed by atoms with E-state index in [1.54, 1.807) is 49.5 Å². The molecular formula is C20H20N4O3. The van der Waals surface area contributed by atoms with E-state index in [4.69, 9.17) is 0 Å². The van der Waals surface area contributed by atoms with Gasteiger partial charge in [-0.3, -0.25) is 14.4 Å². The monoisotopic (exact) mass is 364 g/mol. The molecule has 0 fully saturated rings. The number of aromatic nitrogens is 2. The summed E-state index contributed by atoms with van der Waals surface area (Å²) in [6.45, 7) is 2.06. The Morgan fingerprint density at radius 1 is 1.11 bits per heavy atom. The van der Waals surface area contributed by atoms with Crippen LogP contribution in [-0.2, 0) is 17.9 Å². The zero-order valence-electron chi connectivity index (χ0n) is 15.2. The summed E-state index contributed by atoms with van der Waals surface area (Å²) >= 11 is 0. The van der Waals surface area contributed by atoms with Gasteiger partial charge in [0.25, 0.3) is 11.5 Å². The van der Waals surface area contributed by atoms with Gasteiger partial charge in [0.15, 0.2) is 0 Å². The zero-order valence-corrected chi connectivity index (χ0v) is 15.2. The first kappa shape index (κ1) is 18.3. The van der Waals surface area contributed by atoms with Crippen molar-refractivity contribution in [1.82, 2.24) is 20.2 Å². The molecule has 1 heterocycles. The van der Waals surface area contributed by atoms with Crippen LogP contribution < -0.4 is 10.9 Å². The number of carbonyl (C=O) groups is 2. The molecular weight excluding hydrogens is 344 g/mol. The van der Waals surface area contributed by atoms with E-state index < -0.39 is 0 Å². The lowest BCUT2D eigenvalue weighted by Gasteiger charge is -2.17. The van der Waals surface area contributed by atoms with Gasteiger partial charge in [-0.2, -0.15) is 0 Å². The molecule has 3 rings (SSSR count). The summed E-state index contributed by atoms with van der Waals surface area (Å²) in [6, 6.07) is 14.1. The van der Waals surface area contributed by atoms with Crippen molar-refractivity contribution in [3.8, 4) is 0 Å². The van der Waals surface area contributed by atoms with E-state index in [-0.39, 0.29) is 23.9 Å². The number of nitrogens with one attached hydrogen (secondary N) is 2. The molecule has 0 aliphatic heterocycles. The number of hydrogen-bond donors (Lipinski definition) is 2. The van der Waals surface area contributed by atoms with Crippen molar-refractivity contribution >= 4 is 22.7 Å². The number of hydrogen-bond acceptors (Lipinski definition) is 4. The Balaban J connectivity index is 1.72. The Labute approximate surface area is 156 Å². The van der Waals surface area contributed by atoms with Gasteiger partial charge in [0.05, 0.1) is 17.4 Å². The topological polar surface area (TPSA) is 95.2 Å². The Kier molecular flexibility index (Phi) is 5.30. The molecule has 27 heavy (non-hydrogen) atoms. The second-order valence-corrected chi connectivity index (χ2v) is 6.30. The molecule has 0 unspecified atom stereocenters. The molecule has 2 amide bonds. The first-order chi connectivity index (χ1) is 12.9. The summed E-state index contributed by atoms with van der Waals surface area (Å²) in [5.41, 5.74) is 1.80. The molecule has 2 aromatic carbocycles. The summed E-state index contributed by atoms with van der Waals surface area (Å²) in [6.07, 6.45) is 0. The van der Waals surface area contributed by atoms with Crippen LogP contribution in [0.4, 0.5) is 0 Å². The highest BCUT2D eigenvalue weighted by Gasteiger charge is 2.14. The molecule has 3 aromatic rings. The van der Waals surface area contributed by atoms with Crippen LogP contribution in [-0.4, -0.2) is 33.7 Å². The number of carbonyl (C=O) groups excluding carboxylic acids is 2. The number of para-hydroxylation sites is 1. The van der Waals surface area contributed by atoms with Gasteiger partial charge in [-0.1, -0.05) is 24.3 Å². The molecule has 7 nitrogen and oxygen atoms in total. The fraction of sp³-hybridized carbons (Fsp3) is 0.200. The van der Waals surface area contributed by atoms with Gasteiger partial charge in [-0.15, -0.1) is 0 Å². The van der Waals surface area contributed by atoms with E-state index in [2.05, 4.69) is 15.3 Å². The smallest absolute Gasteiger partial charge is 0.258 e. The van der Waals surface area contributed by atoms with Crippen LogP contribution in [0.1, 0.15) is 28.7 Å². The van der Waals surface area contributed by atoms with E-state index in [9.17, 15) is 14.4 Å². The molecule has 0 saturated heterocycles. The minimum Gasteiger partial charge on any atom is -0.352 e. The molecule has 7 heteroatoms. The first-order valence-electron chi connectivity index (χ1n) is 8.51. The standard InChI is InChI=1S/C20H20N4O3/c1-13(25)21-11-14-7-9-15(10-8-14)20(27)24(2)12-18-22-17-6-4-3-5-16(17)19(26)23-18/h3-10H,11-12H2,1-2H3,(H,21,25)(H,22,23,26). The van der Waals surface area contributed by atoms with E-state index in [1.165, 1.54) is 11.8 Å². The Hall–Kier alpha value is -3.48. The average molecular weight is 364 g/mol. The Morgan fingerprint density at radius 2 is 1.81 bits per heavy atom. The van der Waals surface area contributed by atoms with Crippen molar-refractivity contribution < 1.29 is 9.59 Å². The van der Waals surface area contributed by atoms with Crippen LogP contribution in [0.5, 0.6) is 0 Å². The molecule has 0 aliphatic carbocycles. The largest absolute Gasteiger partial charge is 0.352 e. The highest BCUT2D eigenvalue weighted by Crippen LogP contribution is 2.10. The fourth-order valence-corrected chi connectivity index (χ4v) is 2.72. The normalized spacial score (nSPS) is 10.6. The van der Waals surface area contributed by atoms with Gasteiger partial charge >= 0.3 is 0 Å². The van der Waals surface area contributed by atoms with Crippen molar-refractivity contribution in [2.75, 3.05) is 7.05 Å². The fourth-order valence-electron chi connectivity index (χ4n) is 2.72. The number of rotatable bonds is 5. The second-order valence-electron chi connectivity index (χ2n) is 6.30. The number of aromatic amines is 1. The van der Waals surface area contributed by atoms with Crippen LogP contribution in [0.15, 0.2) is 53.3 Å². The highest BCUT2D eigenvalue weighted by molar-refractivity contribution is 5.94. The quantitative estimate of drug-likeness (QED) is 0.722. The molecule has 2 N–H and O–H groups in total. The number of nitrogens with zero attached hydrogens (tertiary/aromatic N) is 2. The predicted octanol–water partition coefficient (Wildman–Crippen LogP) is 1.83. The minimum atomic E-state index is -0.223. The summed E-state index contributed by atoms with van der Waals surface area (Å²) < 4.78 is 0. The van der Waals surface area contributed by atoms with Crippen LogP contribution in [0.25, 0.3) is 10.9 Å². The van der Waals surface area contributed by atoms with Crippen molar-refractivity contribution in [3.05, 3.63) is 75.8 Å². The van der Waals surface area contributed by atoms with Gasteiger partial charge in [-0.25, -0.2) is 4.98 Å². The van der Waals surface area contributed by atoms with Gasteiger partial charge < -0.3 is 15.2 Å². The van der Waals surface area contributed by atoms with E-state index in [1.807, 2.05) is 6.07 Å². The molecule has 0 radical (unpaired) electrons. The molecule has 0 bridgehead atoms. The molecule has 0 saturated carbocycles. The van der Waals surface area contributed by atoms with Crippen LogP contribution in [0.2, 0.25) is 0 Å². The number of H-pyrrole nitrogens is 1. The van der Waals surface area contributed by atoms with Gasteiger partial charge in [0.1, 0.15) is 5.82 Å². The molecule has 0 atom stereocenters. The first-order valence-corrected chi connectivity index (χ1v) is 8.51. The predicted molar refractivity (Wildman–Crippen MR) is 102 cm³/mol. The van der Waals surface area contributed by atoms with E-state index in [0.717, 1.165) is 5.56 Å². The van der Waals surface area contributed by atoms with Crippen LogP contribution >= 0.6 is 0 Å². The van der Waals surface area contributed by atoms with Crippen molar-refractivity contribution in [2.45, 2.75) is 20.0 Å². The minimum absolute atomic E-state index is 0.105. The highest BCUT2D eigenvalue weighted by atomic mass is 16.2. The summed E-state index contributed by atoms with van der Waals surface area (Å²) in [7, 11) is 1.66. The molecule has 1 aromatic heterocycles. The lowest BCUT2D eigenvalue weighted by Crippen LogP contribution is -2.28. The summed E-state index contributed by atoms with van der Waals surface area (Å²) in [5.74, 6) is 0.139.